The van der Waals surface area contributed by atoms with Gasteiger partial charge in [0.25, 0.3) is 0 Å². The van der Waals surface area contributed by atoms with E-state index in [4.69, 9.17) is 0 Å². The molecule has 5 heteroatoms. The van der Waals surface area contributed by atoms with Crippen molar-refractivity contribution in [1.29, 1.82) is 0 Å². The second kappa shape index (κ2) is 9.68. The number of aromatic amines is 1. The van der Waals surface area contributed by atoms with Gasteiger partial charge in [0.2, 0.25) is 0 Å². The van der Waals surface area contributed by atoms with Crippen LogP contribution in [0.3, 0.4) is 0 Å². The Balaban J connectivity index is 0.00000144. The third-order valence-corrected chi connectivity index (χ3v) is 3.40. The fraction of sp³-hybridized carbons (Fsp3) is 0.692. The van der Waals surface area contributed by atoms with Crippen LogP contribution in [-0.2, 0) is 0 Å². The molecule has 0 bridgehead atoms. The van der Waals surface area contributed by atoms with Crippen molar-refractivity contribution in [3.8, 4) is 0 Å². The highest BCUT2D eigenvalue weighted by molar-refractivity contribution is 5.85. The zero-order chi connectivity index (χ0) is 11.2. The first-order valence-corrected chi connectivity index (χ1v) is 6.50. The molecule has 2 rings (SSSR count). The van der Waals surface area contributed by atoms with Crippen LogP contribution in [-0.4, -0.2) is 36.1 Å². The van der Waals surface area contributed by atoms with Gasteiger partial charge in [0.05, 0.1) is 0 Å². The summed E-state index contributed by atoms with van der Waals surface area (Å²) < 4.78 is 0. The Bertz CT molecular complexity index is 284. The maximum absolute atomic E-state index is 3.42. The van der Waals surface area contributed by atoms with E-state index in [1.165, 1.54) is 38.0 Å². The highest BCUT2D eigenvalue weighted by Crippen LogP contribution is 2.25. The van der Waals surface area contributed by atoms with Gasteiger partial charge in [-0.2, -0.15) is 0 Å². The number of rotatable bonds is 5. The lowest BCUT2D eigenvalue weighted by Gasteiger charge is -2.34. The van der Waals surface area contributed by atoms with Crippen LogP contribution in [0.2, 0.25) is 0 Å². The van der Waals surface area contributed by atoms with Crippen molar-refractivity contribution in [3.05, 3.63) is 24.0 Å². The number of H-pyrrole nitrogens is 1. The van der Waals surface area contributed by atoms with Crippen molar-refractivity contribution in [2.24, 2.45) is 0 Å². The molecule has 106 valence electrons. The average Bonchev–Trinajstić information content (AvgIpc) is 2.85. The van der Waals surface area contributed by atoms with Crippen LogP contribution in [0.1, 0.15) is 37.9 Å². The number of unbranched alkanes of at least 4 members (excludes halogenated alkanes) is 1. The van der Waals surface area contributed by atoms with Crippen molar-refractivity contribution in [2.75, 3.05) is 26.2 Å². The summed E-state index contributed by atoms with van der Waals surface area (Å²) in [4.78, 5) is 5.99. The maximum Gasteiger partial charge on any atom is 0.0499 e. The van der Waals surface area contributed by atoms with Gasteiger partial charge in [-0.15, -0.1) is 24.8 Å². The lowest BCUT2D eigenvalue weighted by molar-refractivity contribution is 0.160. The van der Waals surface area contributed by atoms with E-state index in [0.29, 0.717) is 6.04 Å². The van der Waals surface area contributed by atoms with E-state index in [2.05, 4.69) is 34.3 Å². The van der Waals surface area contributed by atoms with E-state index in [0.717, 1.165) is 13.1 Å². The molecular weight excluding hydrogens is 269 g/mol. The highest BCUT2D eigenvalue weighted by atomic mass is 35.5. The summed E-state index contributed by atoms with van der Waals surface area (Å²) in [6.45, 7) is 6.87. The molecule has 0 aliphatic carbocycles. The summed E-state index contributed by atoms with van der Waals surface area (Å²) in [5.74, 6) is 0. The molecule has 0 unspecified atom stereocenters. The quantitative estimate of drug-likeness (QED) is 0.874. The van der Waals surface area contributed by atoms with Crippen LogP contribution in [0.4, 0.5) is 0 Å². The zero-order valence-electron chi connectivity index (χ0n) is 11.0. The summed E-state index contributed by atoms with van der Waals surface area (Å²) >= 11 is 0. The molecule has 1 aliphatic rings. The third-order valence-electron chi connectivity index (χ3n) is 3.40. The third kappa shape index (κ3) is 4.81. The van der Waals surface area contributed by atoms with E-state index in [1.54, 1.807) is 0 Å². The normalized spacial score (nSPS) is 17.6. The van der Waals surface area contributed by atoms with Crippen LogP contribution >= 0.6 is 24.8 Å². The number of piperazine rings is 1. The van der Waals surface area contributed by atoms with Gasteiger partial charge < -0.3 is 10.3 Å². The molecule has 1 aromatic heterocycles. The topological polar surface area (TPSA) is 31.1 Å². The monoisotopic (exact) mass is 293 g/mol. The fourth-order valence-electron chi connectivity index (χ4n) is 2.48. The van der Waals surface area contributed by atoms with Gasteiger partial charge in [0.15, 0.2) is 0 Å². The molecule has 0 saturated carbocycles. The van der Waals surface area contributed by atoms with Gasteiger partial charge in [0.1, 0.15) is 0 Å². The first-order valence-electron chi connectivity index (χ1n) is 6.50. The molecule has 0 aromatic carbocycles. The van der Waals surface area contributed by atoms with Crippen molar-refractivity contribution in [2.45, 2.75) is 32.2 Å². The van der Waals surface area contributed by atoms with Crippen LogP contribution in [0, 0.1) is 0 Å². The minimum absolute atomic E-state index is 0. The van der Waals surface area contributed by atoms with Crippen LogP contribution in [0.5, 0.6) is 0 Å². The van der Waals surface area contributed by atoms with E-state index >= 15 is 0 Å². The molecule has 1 aliphatic heterocycles. The fourth-order valence-corrected chi connectivity index (χ4v) is 2.48. The molecule has 3 nitrogen and oxygen atoms in total. The number of nitrogens with one attached hydrogen (secondary N) is 2. The zero-order valence-corrected chi connectivity index (χ0v) is 12.7. The first kappa shape index (κ1) is 17.8. The van der Waals surface area contributed by atoms with Gasteiger partial charge in [-0.3, -0.25) is 4.90 Å². The Hall–Kier alpha value is -0.220. The smallest absolute Gasteiger partial charge is 0.0499 e. The molecule has 1 atom stereocenters. The van der Waals surface area contributed by atoms with Crippen LogP contribution in [0.15, 0.2) is 18.3 Å². The standard InChI is InChI=1S/C13H23N3.2ClH/c1-2-3-6-13(12-5-4-7-15-12)16-10-8-14-9-11-16;;/h4-5,7,13-15H,2-3,6,8-11H2,1H3;2*1H/t13-;;/m1../s1. The maximum atomic E-state index is 3.42. The van der Waals surface area contributed by atoms with Gasteiger partial charge in [-0.1, -0.05) is 19.8 Å². The summed E-state index contributed by atoms with van der Waals surface area (Å²) in [5, 5.41) is 3.42. The van der Waals surface area contributed by atoms with Crippen LogP contribution in [0.25, 0.3) is 0 Å². The highest BCUT2D eigenvalue weighted by Gasteiger charge is 2.21. The molecule has 0 amide bonds. The second-order valence-corrected chi connectivity index (χ2v) is 4.57. The van der Waals surface area contributed by atoms with E-state index in [-0.39, 0.29) is 24.8 Å². The second-order valence-electron chi connectivity index (χ2n) is 4.57. The number of aromatic nitrogens is 1. The largest absolute Gasteiger partial charge is 0.364 e. The predicted octanol–water partition coefficient (Wildman–Crippen LogP) is 2.99. The Morgan fingerprint density at radius 3 is 2.56 bits per heavy atom. The van der Waals surface area contributed by atoms with E-state index in [9.17, 15) is 0 Å². The number of hydrogen-bond donors (Lipinski definition) is 2. The first-order chi connectivity index (χ1) is 7.92. The van der Waals surface area contributed by atoms with Crippen molar-refractivity contribution >= 4 is 24.8 Å². The summed E-state index contributed by atoms with van der Waals surface area (Å²) in [6.07, 6.45) is 5.91. The molecule has 0 spiro atoms. The van der Waals surface area contributed by atoms with E-state index in [1.807, 2.05) is 6.20 Å². The molecule has 1 aromatic rings. The Kier molecular flexibility index (Phi) is 9.56. The van der Waals surface area contributed by atoms with Gasteiger partial charge in [-0.25, -0.2) is 0 Å². The predicted molar refractivity (Wildman–Crippen MR) is 82.0 cm³/mol. The van der Waals surface area contributed by atoms with Crippen molar-refractivity contribution in [3.63, 3.8) is 0 Å². The Morgan fingerprint density at radius 1 is 1.28 bits per heavy atom. The van der Waals surface area contributed by atoms with Crippen molar-refractivity contribution < 1.29 is 0 Å². The number of halogens is 2. The average molecular weight is 294 g/mol. The lowest BCUT2D eigenvalue weighted by Crippen LogP contribution is -2.45. The van der Waals surface area contributed by atoms with Crippen LogP contribution < -0.4 is 5.32 Å². The lowest BCUT2D eigenvalue weighted by atomic mass is 10.0. The molecule has 0 radical (unpaired) electrons. The molecule has 1 saturated heterocycles. The molecule has 18 heavy (non-hydrogen) atoms. The summed E-state index contributed by atoms with van der Waals surface area (Å²) in [6, 6.07) is 4.93. The van der Waals surface area contributed by atoms with Gasteiger partial charge in [-0.05, 0) is 18.6 Å². The molecule has 1 fully saturated rings. The number of hydrogen-bond acceptors (Lipinski definition) is 2. The Labute approximate surface area is 123 Å². The minimum atomic E-state index is 0. The van der Waals surface area contributed by atoms with Gasteiger partial charge in [0, 0.05) is 44.1 Å². The Morgan fingerprint density at radius 2 is 2.00 bits per heavy atom. The summed E-state index contributed by atoms with van der Waals surface area (Å²) in [7, 11) is 0. The molecular formula is C13H25Cl2N3. The molecule has 2 heterocycles. The van der Waals surface area contributed by atoms with Crippen molar-refractivity contribution in [1.82, 2.24) is 15.2 Å². The van der Waals surface area contributed by atoms with Gasteiger partial charge >= 0.3 is 0 Å². The number of nitrogens with zero attached hydrogens (tertiary/aromatic N) is 1. The van der Waals surface area contributed by atoms with E-state index < -0.39 is 0 Å². The summed E-state index contributed by atoms with van der Waals surface area (Å²) in [5.41, 5.74) is 1.38. The SMILES string of the molecule is CCCC[C@H](c1ccc[nH]1)N1CCNCC1.Cl.Cl. The molecule has 2 N–H and O–H groups in total. The minimum Gasteiger partial charge on any atom is -0.364 e.